The smallest absolute Gasteiger partial charge is 0.122 e. The lowest BCUT2D eigenvalue weighted by molar-refractivity contribution is 0.527. The average Bonchev–Trinajstić information content (AvgIpc) is 3.04. The molecule has 140 valence electrons. The summed E-state index contributed by atoms with van der Waals surface area (Å²) in [4.78, 5) is 4.49. The lowest BCUT2D eigenvalue weighted by Gasteiger charge is -2.17. The van der Waals surface area contributed by atoms with Crippen LogP contribution in [0.5, 0.6) is 0 Å². The van der Waals surface area contributed by atoms with Crippen molar-refractivity contribution in [2.45, 2.75) is 78.6 Å². The number of halogens is 1. The summed E-state index contributed by atoms with van der Waals surface area (Å²) in [6, 6.07) is 0. The molecule has 1 nitrogen and oxygen atoms in total. The van der Waals surface area contributed by atoms with E-state index in [1.54, 1.807) is 11.3 Å². The number of allylic oxidation sites excluding steroid dienone is 4. The second-order valence-electron chi connectivity index (χ2n) is 6.93. The minimum atomic E-state index is -0.128. The Kier molecular flexibility index (Phi) is 10.6. The van der Waals surface area contributed by atoms with Crippen molar-refractivity contribution in [3.05, 3.63) is 46.7 Å². The van der Waals surface area contributed by atoms with Gasteiger partial charge in [0.15, 0.2) is 0 Å². The van der Waals surface area contributed by atoms with E-state index in [1.165, 1.54) is 38.2 Å². The fourth-order valence-electron chi connectivity index (χ4n) is 3.02. The van der Waals surface area contributed by atoms with Crippen molar-refractivity contribution in [3.63, 3.8) is 0 Å². The number of hydrogen-bond donors (Lipinski definition) is 0. The van der Waals surface area contributed by atoms with Gasteiger partial charge in [-0.3, -0.25) is 0 Å². The first-order valence-electron chi connectivity index (χ1n) is 9.60. The minimum Gasteiger partial charge on any atom is -0.242 e. The molecule has 0 N–H and O–H groups in total. The van der Waals surface area contributed by atoms with Gasteiger partial charge >= 0.3 is 0 Å². The standard InChI is InChI=1S/C22H34FNS/c1-6-8-9-10-11-12-13-20(21(23)7-2)17(3)14-15-18(4)22-24-19(5)16-25-22/h7,16-17H,2,4,6,8-15H2,1,3,5H3/b21-20+. The maximum Gasteiger partial charge on any atom is 0.122 e. The van der Waals surface area contributed by atoms with Gasteiger partial charge in [0.1, 0.15) is 10.8 Å². The van der Waals surface area contributed by atoms with E-state index in [2.05, 4.69) is 32.0 Å². The van der Waals surface area contributed by atoms with Crippen LogP contribution in [-0.2, 0) is 0 Å². The van der Waals surface area contributed by atoms with E-state index in [0.29, 0.717) is 0 Å². The third-order valence-corrected chi connectivity index (χ3v) is 5.74. The molecule has 0 spiro atoms. The van der Waals surface area contributed by atoms with Crippen LogP contribution in [0.1, 0.15) is 82.3 Å². The fourth-order valence-corrected chi connectivity index (χ4v) is 3.82. The highest BCUT2D eigenvalue weighted by molar-refractivity contribution is 7.10. The highest BCUT2D eigenvalue weighted by atomic mass is 32.1. The Balaban J connectivity index is 2.49. The molecule has 1 rings (SSSR count). The molecular weight excluding hydrogens is 329 g/mol. The monoisotopic (exact) mass is 363 g/mol. The van der Waals surface area contributed by atoms with Gasteiger partial charge in [-0.05, 0) is 55.7 Å². The second kappa shape index (κ2) is 12.2. The van der Waals surface area contributed by atoms with Crippen molar-refractivity contribution in [2.75, 3.05) is 0 Å². The Labute approximate surface area is 157 Å². The van der Waals surface area contributed by atoms with Crippen molar-refractivity contribution in [1.29, 1.82) is 0 Å². The van der Waals surface area contributed by atoms with Crippen LogP contribution < -0.4 is 0 Å². The molecule has 25 heavy (non-hydrogen) atoms. The number of thiazole rings is 1. The van der Waals surface area contributed by atoms with Gasteiger partial charge in [0, 0.05) is 11.1 Å². The molecule has 0 fully saturated rings. The van der Waals surface area contributed by atoms with Gasteiger partial charge in [-0.1, -0.05) is 59.1 Å². The first-order chi connectivity index (χ1) is 12.0. The molecule has 0 radical (unpaired) electrons. The van der Waals surface area contributed by atoms with E-state index >= 15 is 0 Å². The van der Waals surface area contributed by atoms with Crippen molar-refractivity contribution in [3.8, 4) is 0 Å². The van der Waals surface area contributed by atoms with Crippen molar-refractivity contribution in [2.24, 2.45) is 5.92 Å². The number of nitrogens with zero attached hydrogens (tertiary/aromatic N) is 1. The summed E-state index contributed by atoms with van der Waals surface area (Å²) in [6.45, 7) is 14.1. The summed E-state index contributed by atoms with van der Waals surface area (Å²) in [7, 11) is 0. The normalized spacial score (nSPS) is 13.4. The number of aryl methyl sites for hydroxylation is 1. The molecule has 0 amide bonds. The number of rotatable bonds is 13. The summed E-state index contributed by atoms with van der Waals surface area (Å²) in [6.07, 6.45) is 11.3. The number of unbranched alkanes of at least 4 members (excludes halogenated alkanes) is 5. The SMILES string of the molecule is C=C/C(F)=C(/CCCCCCCC)C(C)CCC(=C)c1nc(C)cs1. The van der Waals surface area contributed by atoms with Gasteiger partial charge < -0.3 is 0 Å². The third-order valence-electron chi connectivity index (χ3n) is 4.68. The molecule has 0 aromatic carbocycles. The highest BCUT2D eigenvalue weighted by Crippen LogP contribution is 2.30. The zero-order chi connectivity index (χ0) is 18.7. The maximum atomic E-state index is 14.3. The van der Waals surface area contributed by atoms with Gasteiger partial charge in [0.2, 0.25) is 0 Å². The maximum absolute atomic E-state index is 14.3. The Morgan fingerprint density at radius 3 is 2.52 bits per heavy atom. The molecule has 0 bridgehead atoms. The summed E-state index contributed by atoms with van der Waals surface area (Å²) >= 11 is 1.64. The van der Waals surface area contributed by atoms with E-state index in [0.717, 1.165) is 47.5 Å². The largest absolute Gasteiger partial charge is 0.242 e. The van der Waals surface area contributed by atoms with E-state index in [9.17, 15) is 4.39 Å². The first kappa shape index (κ1) is 21.8. The molecule has 0 aliphatic rings. The highest BCUT2D eigenvalue weighted by Gasteiger charge is 2.14. The number of hydrogen-bond acceptors (Lipinski definition) is 2. The third kappa shape index (κ3) is 8.13. The second-order valence-corrected chi connectivity index (χ2v) is 7.79. The van der Waals surface area contributed by atoms with E-state index in [1.807, 2.05) is 12.3 Å². The zero-order valence-electron chi connectivity index (χ0n) is 16.2. The minimum absolute atomic E-state index is 0.128. The summed E-state index contributed by atoms with van der Waals surface area (Å²) in [5.74, 6) is 0.0863. The quantitative estimate of drug-likeness (QED) is 0.255. The van der Waals surface area contributed by atoms with Gasteiger partial charge in [-0.25, -0.2) is 9.37 Å². The summed E-state index contributed by atoms with van der Waals surface area (Å²) in [5.41, 5.74) is 3.02. The Bertz CT molecular complexity index is 570. The van der Waals surface area contributed by atoms with Gasteiger partial charge in [-0.15, -0.1) is 11.3 Å². The molecular formula is C22H34FNS. The molecule has 3 heteroatoms. The van der Waals surface area contributed by atoms with Gasteiger partial charge in [-0.2, -0.15) is 0 Å². The van der Waals surface area contributed by atoms with Crippen LogP contribution in [0.4, 0.5) is 4.39 Å². The zero-order valence-corrected chi connectivity index (χ0v) is 17.1. The molecule has 1 atom stereocenters. The summed E-state index contributed by atoms with van der Waals surface area (Å²) in [5, 5.41) is 3.06. The molecule has 0 aliphatic carbocycles. The topological polar surface area (TPSA) is 12.9 Å². The molecule has 0 saturated heterocycles. The van der Waals surface area contributed by atoms with Gasteiger partial charge in [0.25, 0.3) is 0 Å². The van der Waals surface area contributed by atoms with Crippen LogP contribution in [0.3, 0.4) is 0 Å². The van der Waals surface area contributed by atoms with E-state index < -0.39 is 0 Å². The van der Waals surface area contributed by atoms with E-state index in [-0.39, 0.29) is 11.7 Å². The van der Waals surface area contributed by atoms with Crippen LogP contribution in [-0.4, -0.2) is 4.98 Å². The average molecular weight is 364 g/mol. The molecule has 1 unspecified atom stereocenters. The Hall–Kier alpha value is -1.22. The van der Waals surface area contributed by atoms with E-state index in [4.69, 9.17) is 0 Å². The molecule has 1 aromatic rings. The lowest BCUT2D eigenvalue weighted by atomic mass is 9.89. The van der Waals surface area contributed by atoms with Crippen molar-refractivity contribution in [1.82, 2.24) is 4.98 Å². The fraction of sp³-hybridized carbons (Fsp3) is 0.591. The Morgan fingerprint density at radius 1 is 1.24 bits per heavy atom. The van der Waals surface area contributed by atoms with Crippen molar-refractivity contribution >= 4 is 16.9 Å². The van der Waals surface area contributed by atoms with Crippen LogP contribution >= 0.6 is 11.3 Å². The van der Waals surface area contributed by atoms with Crippen molar-refractivity contribution < 1.29 is 4.39 Å². The van der Waals surface area contributed by atoms with Crippen LogP contribution in [0.2, 0.25) is 0 Å². The van der Waals surface area contributed by atoms with Crippen LogP contribution in [0, 0.1) is 12.8 Å². The first-order valence-corrected chi connectivity index (χ1v) is 10.5. The molecule has 1 aromatic heterocycles. The molecule has 0 saturated carbocycles. The molecule has 0 aliphatic heterocycles. The lowest BCUT2D eigenvalue weighted by Crippen LogP contribution is -2.03. The van der Waals surface area contributed by atoms with Gasteiger partial charge in [0.05, 0.1) is 0 Å². The molecule has 1 heterocycles. The Morgan fingerprint density at radius 2 is 1.92 bits per heavy atom. The van der Waals surface area contributed by atoms with Crippen LogP contribution in [0.15, 0.2) is 36.0 Å². The van der Waals surface area contributed by atoms with Crippen LogP contribution in [0.25, 0.3) is 5.57 Å². The summed E-state index contributed by atoms with van der Waals surface area (Å²) < 4.78 is 14.3. The predicted octanol–water partition coefficient (Wildman–Crippen LogP) is 8.04. The predicted molar refractivity (Wildman–Crippen MR) is 111 cm³/mol. The number of aromatic nitrogens is 1.